The molecule has 0 radical (unpaired) electrons. The molecule has 25 heavy (non-hydrogen) atoms. The zero-order chi connectivity index (χ0) is 18.1. The fourth-order valence-electron chi connectivity index (χ4n) is 2.20. The van der Waals surface area contributed by atoms with Crippen LogP contribution >= 0.6 is 15.9 Å². The van der Waals surface area contributed by atoms with Crippen molar-refractivity contribution in [3.63, 3.8) is 0 Å². The largest absolute Gasteiger partial charge is 0.484 e. The van der Waals surface area contributed by atoms with Crippen LogP contribution < -0.4 is 10.1 Å². The van der Waals surface area contributed by atoms with Crippen LogP contribution in [-0.4, -0.2) is 31.1 Å². The molecule has 0 saturated heterocycles. The second kappa shape index (κ2) is 9.84. The van der Waals surface area contributed by atoms with Gasteiger partial charge < -0.3 is 14.8 Å². The van der Waals surface area contributed by atoms with E-state index in [4.69, 9.17) is 9.47 Å². The van der Waals surface area contributed by atoms with E-state index in [-0.39, 0.29) is 19.1 Å². The van der Waals surface area contributed by atoms with Crippen molar-refractivity contribution in [2.24, 2.45) is 0 Å². The van der Waals surface area contributed by atoms with E-state index < -0.39 is 12.0 Å². The highest BCUT2D eigenvalue weighted by Gasteiger charge is 2.22. The lowest BCUT2D eigenvalue weighted by atomic mass is 10.1. The Morgan fingerprint density at radius 1 is 1.08 bits per heavy atom. The molecule has 0 saturated carbocycles. The highest BCUT2D eigenvalue weighted by molar-refractivity contribution is 9.10. The third kappa shape index (κ3) is 6.58. The van der Waals surface area contributed by atoms with Crippen LogP contribution in [0.3, 0.4) is 0 Å². The molecule has 2 rings (SSSR count). The number of amides is 1. The van der Waals surface area contributed by atoms with Crippen molar-refractivity contribution in [1.82, 2.24) is 5.32 Å². The smallest absolute Gasteiger partial charge is 0.328 e. The number of halogens is 1. The molecule has 0 aliphatic rings. The minimum absolute atomic E-state index is 0.174. The van der Waals surface area contributed by atoms with Gasteiger partial charge >= 0.3 is 5.97 Å². The molecule has 5 nitrogen and oxygen atoms in total. The van der Waals surface area contributed by atoms with Crippen molar-refractivity contribution in [1.29, 1.82) is 0 Å². The normalized spacial score (nSPS) is 11.4. The number of benzene rings is 2. The molecule has 0 aliphatic heterocycles. The summed E-state index contributed by atoms with van der Waals surface area (Å²) in [6.07, 6.45) is 0.365. The molecule has 0 bridgehead atoms. The molecule has 0 heterocycles. The first-order valence-corrected chi connectivity index (χ1v) is 8.76. The quantitative estimate of drug-likeness (QED) is 0.685. The Hall–Kier alpha value is -2.34. The number of hydrogen-bond donors (Lipinski definition) is 1. The molecule has 1 amide bonds. The summed E-state index contributed by atoms with van der Waals surface area (Å²) in [5.41, 5.74) is 0.940. The molecular formula is C19H20BrNO4. The second-order valence-electron chi connectivity index (χ2n) is 5.30. The fraction of sp³-hybridized carbons (Fsp3) is 0.263. The Labute approximate surface area is 155 Å². The van der Waals surface area contributed by atoms with Gasteiger partial charge in [0.25, 0.3) is 5.91 Å². The van der Waals surface area contributed by atoms with Crippen LogP contribution in [-0.2, 0) is 20.7 Å². The Kier molecular flexibility index (Phi) is 7.47. The molecule has 1 atom stereocenters. The van der Waals surface area contributed by atoms with Crippen LogP contribution in [0, 0.1) is 0 Å². The summed E-state index contributed by atoms with van der Waals surface area (Å²) >= 11 is 3.33. The second-order valence-corrected chi connectivity index (χ2v) is 6.22. The Morgan fingerprint density at radius 2 is 1.76 bits per heavy atom. The number of ether oxygens (including phenoxy) is 2. The summed E-state index contributed by atoms with van der Waals surface area (Å²) in [6, 6.07) is 15.9. The van der Waals surface area contributed by atoms with Crippen LogP contribution in [0.25, 0.3) is 0 Å². The summed E-state index contributed by atoms with van der Waals surface area (Å²) in [6.45, 7) is 1.82. The highest BCUT2D eigenvalue weighted by atomic mass is 79.9. The highest BCUT2D eigenvalue weighted by Crippen LogP contribution is 2.15. The van der Waals surface area contributed by atoms with Crippen molar-refractivity contribution < 1.29 is 19.1 Å². The minimum Gasteiger partial charge on any atom is -0.484 e. The maximum atomic E-state index is 12.1. The topological polar surface area (TPSA) is 64.6 Å². The standard InChI is InChI=1S/C19H20BrNO4/c1-2-24-19(23)17(12-14-6-4-3-5-7-14)21-18(22)13-25-16-10-8-15(20)9-11-16/h3-11,17H,2,12-13H2,1H3,(H,21,22). The molecule has 1 unspecified atom stereocenters. The first kappa shape index (κ1) is 19.0. The van der Waals surface area contributed by atoms with Crippen LogP contribution in [0.15, 0.2) is 59.1 Å². The summed E-state index contributed by atoms with van der Waals surface area (Å²) in [5, 5.41) is 2.68. The minimum atomic E-state index is -0.747. The van der Waals surface area contributed by atoms with E-state index in [0.29, 0.717) is 12.2 Å². The molecule has 0 spiro atoms. The molecule has 0 aromatic heterocycles. The first-order valence-electron chi connectivity index (χ1n) is 7.96. The molecule has 2 aromatic carbocycles. The van der Waals surface area contributed by atoms with E-state index in [0.717, 1.165) is 10.0 Å². The molecule has 0 aliphatic carbocycles. The summed E-state index contributed by atoms with van der Waals surface area (Å²) in [7, 11) is 0. The van der Waals surface area contributed by atoms with Gasteiger partial charge in [0.1, 0.15) is 11.8 Å². The van der Waals surface area contributed by atoms with E-state index in [1.165, 1.54) is 0 Å². The van der Waals surface area contributed by atoms with Gasteiger partial charge in [0.15, 0.2) is 6.61 Å². The first-order chi connectivity index (χ1) is 12.1. The van der Waals surface area contributed by atoms with E-state index in [1.807, 2.05) is 42.5 Å². The van der Waals surface area contributed by atoms with E-state index in [1.54, 1.807) is 19.1 Å². The van der Waals surface area contributed by atoms with Crippen LogP contribution in [0.5, 0.6) is 5.75 Å². The predicted octanol–water partition coefficient (Wildman–Crippen LogP) is 3.12. The summed E-state index contributed by atoms with van der Waals surface area (Å²) < 4.78 is 11.4. The lowest BCUT2D eigenvalue weighted by molar-refractivity contribution is -0.147. The monoisotopic (exact) mass is 405 g/mol. The number of hydrogen-bond acceptors (Lipinski definition) is 4. The molecule has 6 heteroatoms. The van der Waals surface area contributed by atoms with Crippen molar-refractivity contribution in [2.75, 3.05) is 13.2 Å². The fourth-order valence-corrected chi connectivity index (χ4v) is 2.47. The molecule has 132 valence electrons. The third-order valence-corrected chi connectivity index (χ3v) is 3.90. The van der Waals surface area contributed by atoms with Gasteiger partial charge in [-0.3, -0.25) is 4.79 Å². The van der Waals surface area contributed by atoms with Crippen molar-refractivity contribution in [3.8, 4) is 5.75 Å². The Bertz CT molecular complexity index is 688. The van der Waals surface area contributed by atoms with E-state index in [9.17, 15) is 9.59 Å². The third-order valence-electron chi connectivity index (χ3n) is 3.37. The van der Waals surface area contributed by atoms with Gasteiger partial charge in [0, 0.05) is 10.9 Å². The number of rotatable bonds is 8. The number of carbonyl (C=O) groups is 2. The number of esters is 1. The zero-order valence-electron chi connectivity index (χ0n) is 13.9. The van der Waals surface area contributed by atoms with Gasteiger partial charge in [0.05, 0.1) is 6.61 Å². The Balaban J connectivity index is 1.93. The zero-order valence-corrected chi connectivity index (χ0v) is 15.5. The van der Waals surface area contributed by atoms with Gasteiger partial charge in [-0.05, 0) is 36.8 Å². The molecule has 1 N–H and O–H groups in total. The maximum Gasteiger partial charge on any atom is 0.328 e. The average molecular weight is 406 g/mol. The Morgan fingerprint density at radius 3 is 2.40 bits per heavy atom. The van der Waals surface area contributed by atoms with Crippen LogP contribution in [0.2, 0.25) is 0 Å². The van der Waals surface area contributed by atoms with Crippen molar-refractivity contribution >= 4 is 27.8 Å². The van der Waals surface area contributed by atoms with Gasteiger partial charge in [0.2, 0.25) is 0 Å². The SMILES string of the molecule is CCOC(=O)C(Cc1ccccc1)NC(=O)COc1ccc(Br)cc1. The van der Waals surface area contributed by atoms with Crippen LogP contribution in [0.4, 0.5) is 0 Å². The molecule has 0 fully saturated rings. The number of nitrogens with one attached hydrogen (secondary N) is 1. The lowest BCUT2D eigenvalue weighted by Crippen LogP contribution is -2.45. The number of carbonyl (C=O) groups excluding carboxylic acids is 2. The van der Waals surface area contributed by atoms with E-state index in [2.05, 4.69) is 21.2 Å². The van der Waals surface area contributed by atoms with Gasteiger partial charge in [-0.1, -0.05) is 46.3 Å². The van der Waals surface area contributed by atoms with Gasteiger partial charge in [-0.15, -0.1) is 0 Å². The van der Waals surface area contributed by atoms with E-state index >= 15 is 0 Å². The molecule has 2 aromatic rings. The lowest BCUT2D eigenvalue weighted by Gasteiger charge is -2.17. The maximum absolute atomic E-state index is 12.1. The van der Waals surface area contributed by atoms with Crippen molar-refractivity contribution in [2.45, 2.75) is 19.4 Å². The van der Waals surface area contributed by atoms with Gasteiger partial charge in [-0.2, -0.15) is 0 Å². The van der Waals surface area contributed by atoms with Gasteiger partial charge in [-0.25, -0.2) is 4.79 Å². The molecular weight excluding hydrogens is 386 g/mol. The summed E-state index contributed by atoms with van der Waals surface area (Å²) in [5.74, 6) is -0.255. The average Bonchev–Trinajstić information content (AvgIpc) is 2.62. The predicted molar refractivity (Wildman–Crippen MR) is 98.3 cm³/mol. The van der Waals surface area contributed by atoms with Crippen molar-refractivity contribution in [3.05, 3.63) is 64.6 Å². The summed E-state index contributed by atoms with van der Waals surface area (Å²) in [4.78, 5) is 24.3. The van der Waals surface area contributed by atoms with Crippen LogP contribution in [0.1, 0.15) is 12.5 Å².